The summed E-state index contributed by atoms with van der Waals surface area (Å²) in [5.41, 5.74) is 7.62. The van der Waals surface area contributed by atoms with Crippen LogP contribution in [0.3, 0.4) is 0 Å². The highest BCUT2D eigenvalue weighted by atomic mass is 16.5. The Labute approximate surface area is 164 Å². The van der Waals surface area contributed by atoms with Crippen molar-refractivity contribution in [3.8, 4) is 5.75 Å². The first kappa shape index (κ1) is 19.4. The Morgan fingerprint density at radius 2 is 1.75 bits per heavy atom. The van der Waals surface area contributed by atoms with Crippen LogP contribution in [0, 0.1) is 0 Å². The summed E-state index contributed by atoms with van der Waals surface area (Å²) >= 11 is 0. The van der Waals surface area contributed by atoms with E-state index in [0.717, 1.165) is 5.82 Å². The molecule has 3 aromatic rings. The van der Waals surface area contributed by atoms with Gasteiger partial charge in [0.05, 0.1) is 13.2 Å². The third kappa shape index (κ3) is 5.82. The Balaban J connectivity index is 1.38. The van der Waals surface area contributed by atoms with Gasteiger partial charge in [0.25, 0.3) is 0 Å². The zero-order valence-electron chi connectivity index (χ0n) is 15.5. The summed E-state index contributed by atoms with van der Waals surface area (Å²) in [6, 6.07) is 19.9. The zero-order valence-corrected chi connectivity index (χ0v) is 15.5. The molecule has 3 N–H and O–H groups in total. The van der Waals surface area contributed by atoms with Crippen LogP contribution < -0.4 is 15.8 Å². The Bertz CT molecular complexity index is 900. The summed E-state index contributed by atoms with van der Waals surface area (Å²) < 4.78 is 11.2. The molecule has 0 atom stereocenters. The van der Waals surface area contributed by atoms with Crippen molar-refractivity contribution in [2.24, 2.45) is 0 Å². The van der Waals surface area contributed by atoms with Crippen LogP contribution in [-0.4, -0.2) is 37.1 Å². The van der Waals surface area contributed by atoms with E-state index in [9.17, 15) is 4.79 Å². The molecule has 0 saturated carbocycles. The van der Waals surface area contributed by atoms with Crippen LogP contribution in [0.5, 0.6) is 5.75 Å². The number of carbonyl (C=O) groups excluding carboxylic acids is 1. The topological polar surface area (TPSA) is 86.5 Å². The number of nitrogens with two attached hydrogens (primary N) is 1. The monoisotopic (exact) mass is 377 g/mol. The summed E-state index contributed by atoms with van der Waals surface area (Å²) in [6.07, 6.45) is 1.66. The number of nitrogens with one attached hydrogen (secondary N) is 1. The second-order valence-electron chi connectivity index (χ2n) is 6.09. The maximum Gasteiger partial charge on any atom is 0.193 e. The van der Waals surface area contributed by atoms with Gasteiger partial charge >= 0.3 is 0 Å². The van der Waals surface area contributed by atoms with Gasteiger partial charge in [-0.2, -0.15) is 0 Å². The van der Waals surface area contributed by atoms with E-state index in [4.69, 9.17) is 15.2 Å². The molecule has 0 unspecified atom stereocenters. The van der Waals surface area contributed by atoms with Crippen molar-refractivity contribution < 1.29 is 14.3 Å². The number of pyridine rings is 1. The van der Waals surface area contributed by atoms with Crippen molar-refractivity contribution in [3.63, 3.8) is 0 Å². The molecule has 0 bridgehead atoms. The minimum absolute atomic E-state index is 0.0245. The second-order valence-corrected chi connectivity index (χ2v) is 6.09. The number of aromatic nitrogens is 1. The predicted molar refractivity (Wildman–Crippen MR) is 110 cm³/mol. The van der Waals surface area contributed by atoms with Gasteiger partial charge in [0.15, 0.2) is 5.78 Å². The standard InChI is InChI=1S/C22H23N3O3/c23-19-9-10-24-21(16-19)25-11-12-27-13-14-28-20-8-4-7-18(15-20)22(26)17-5-2-1-3-6-17/h1-10,15-16H,11-14H2,(H3,23,24,25). The van der Waals surface area contributed by atoms with E-state index in [1.165, 1.54) is 0 Å². The summed E-state index contributed by atoms with van der Waals surface area (Å²) in [5.74, 6) is 1.34. The highest BCUT2D eigenvalue weighted by Gasteiger charge is 2.09. The Morgan fingerprint density at radius 3 is 2.57 bits per heavy atom. The molecule has 0 saturated heterocycles. The van der Waals surface area contributed by atoms with Crippen molar-refractivity contribution in [3.05, 3.63) is 84.1 Å². The summed E-state index contributed by atoms with van der Waals surface area (Å²) in [4.78, 5) is 16.6. The molecule has 0 radical (unpaired) electrons. The lowest BCUT2D eigenvalue weighted by atomic mass is 10.0. The van der Waals surface area contributed by atoms with Gasteiger partial charge in [-0.25, -0.2) is 4.98 Å². The van der Waals surface area contributed by atoms with Crippen LogP contribution in [-0.2, 0) is 4.74 Å². The van der Waals surface area contributed by atoms with Gasteiger partial charge in [0, 0.05) is 35.6 Å². The second kappa shape index (κ2) is 10.1. The van der Waals surface area contributed by atoms with Crippen molar-refractivity contribution in [2.45, 2.75) is 0 Å². The summed E-state index contributed by atoms with van der Waals surface area (Å²) in [5, 5.41) is 3.14. The molecule has 0 amide bonds. The van der Waals surface area contributed by atoms with Crippen molar-refractivity contribution in [1.29, 1.82) is 0 Å². The zero-order chi connectivity index (χ0) is 19.6. The van der Waals surface area contributed by atoms with Crippen LogP contribution >= 0.6 is 0 Å². The number of carbonyl (C=O) groups is 1. The predicted octanol–water partition coefficient (Wildman–Crippen LogP) is 3.40. The molecule has 6 nitrogen and oxygen atoms in total. The average Bonchev–Trinajstić information content (AvgIpc) is 2.73. The van der Waals surface area contributed by atoms with Gasteiger partial charge in [-0.1, -0.05) is 42.5 Å². The summed E-state index contributed by atoms with van der Waals surface area (Å²) in [6.45, 7) is 1.99. The molecule has 0 fully saturated rings. The molecular formula is C22H23N3O3. The quantitative estimate of drug-likeness (QED) is 0.416. The number of hydrogen-bond donors (Lipinski definition) is 2. The van der Waals surface area contributed by atoms with E-state index in [0.29, 0.717) is 48.9 Å². The van der Waals surface area contributed by atoms with E-state index in [1.54, 1.807) is 42.6 Å². The van der Waals surface area contributed by atoms with E-state index in [1.807, 2.05) is 30.3 Å². The molecule has 1 aromatic heterocycles. The number of nitrogen functional groups attached to an aromatic ring is 1. The largest absolute Gasteiger partial charge is 0.491 e. The molecular weight excluding hydrogens is 354 g/mol. The van der Waals surface area contributed by atoms with Crippen molar-refractivity contribution in [2.75, 3.05) is 37.4 Å². The SMILES string of the molecule is Nc1ccnc(NCCOCCOc2cccc(C(=O)c3ccccc3)c2)c1. The molecule has 2 aromatic carbocycles. The molecule has 28 heavy (non-hydrogen) atoms. The summed E-state index contributed by atoms with van der Waals surface area (Å²) in [7, 11) is 0. The normalized spacial score (nSPS) is 10.4. The van der Waals surface area contributed by atoms with Gasteiger partial charge in [-0.15, -0.1) is 0 Å². The number of rotatable bonds is 10. The molecule has 144 valence electrons. The molecule has 1 heterocycles. The fraction of sp³-hybridized carbons (Fsp3) is 0.182. The molecule has 0 aliphatic heterocycles. The number of benzene rings is 2. The number of nitrogens with zero attached hydrogens (tertiary/aromatic N) is 1. The number of hydrogen-bond acceptors (Lipinski definition) is 6. The van der Waals surface area contributed by atoms with Crippen LogP contribution in [0.2, 0.25) is 0 Å². The van der Waals surface area contributed by atoms with E-state index >= 15 is 0 Å². The molecule has 3 rings (SSSR count). The number of ether oxygens (including phenoxy) is 2. The molecule has 6 heteroatoms. The van der Waals surface area contributed by atoms with E-state index < -0.39 is 0 Å². The first-order valence-corrected chi connectivity index (χ1v) is 9.08. The Hall–Kier alpha value is -3.38. The van der Waals surface area contributed by atoms with Crippen LogP contribution in [0.15, 0.2) is 72.9 Å². The van der Waals surface area contributed by atoms with Crippen molar-refractivity contribution >= 4 is 17.3 Å². The first-order valence-electron chi connectivity index (χ1n) is 9.08. The maximum atomic E-state index is 12.5. The van der Waals surface area contributed by atoms with Gasteiger partial charge in [-0.3, -0.25) is 4.79 Å². The fourth-order valence-corrected chi connectivity index (χ4v) is 2.60. The van der Waals surface area contributed by atoms with Crippen molar-refractivity contribution in [1.82, 2.24) is 4.98 Å². The lowest BCUT2D eigenvalue weighted by molar-refractivity contribution is 0.103. The number of ketones is 1. The van der Waals surface area contributed by atoms with E-state index in [-0.39, 0.29) is 5.78 Å². The highest BCUT2D eigenvalue weighted by molar-refractivity contribution is 6.09. The molecule has 0 aliphatic carbocycles. The van der Waals surface area contributed by atoms with Crippen LogP contribution in [0.4, 0.5) is 11.5 Å². The third-order valence-corrected chi connectivity index (χ3v) is 3.97. The average molecular weight is 377 g/mol. The lowest BCUT2D eigenvalue weighted by Gasteiger charge is -2.09. The molecule has 0 aliphatic rings. The fourth-order valence-electron chi connectivity index (χ4n) is 2.60. The third-order valence-electron chi connectivity index (χ3n) is 3.97. The highest BCUT2D eigenvalue weighted by Crippen LogP contribution is 2.16. The minimum atomic E-state index is -0.0245. The number of anilines is 2. The van der Waals surface area contributed by atoms with Crippen LogP contribution in [0.25, 0.3) is 0 Å². The minimum Gasteiger partial charge on any atom is -0.491 e. The smallest absolute Gasteiger partial charge is 0.193 e. The Morgan fingerprint density at radius 1 is 0.929 bits per heavy atom. The molecule has 0 spiro atoms. The van der Waals surface area contributed by atoms with Crippen LogP contribution in [0.1, 0.15) is 15.9 Å². The maximum absolute atomic E-state index is 12.5. The first-order chi connectivity index (χ1) is 13.7. The Kier molecular flexibility index (Phi) is 6.98. The van der Waals surface area contributed by atoms with Gasteiger partial charge in [-0.05, 0) is 18.2 Å². The van der Waals surface area contributed by atoms with Gasteiger partial charge < -0.3 is 20.5 Å². The van der Waals surface area contributed by atoms with Gasteiger partial charge in [0.2, 0.25) is 0 Å². The van der Waals surface area contributed by atoms with Gasteiger partial charge in [0.1, 0.15) is 18.2 Å². The lowest BCUT2D eigenvalue weighted by Crippen LogP contribution is -2.14. The van der Waals surface area contributed by atoms with E-state index in [2.05, 4.69) is 10.3 Å².